The fraction of sp³-hybridized carbons (Fsp3) is 0. The van der Waals surface area contributed by atoms with Crippen LogP contribution in [-0.2, 0) is 0 Å². The van der Waals surface area contributed by atoms with E-state index in [9.17, 15) is 0 Å². The smallest absolute Gasteiger partial charge is 0.162 e. The number of aromatic nitrogens is 2. The molecule has 2 aromatic carbocycles. The Morgan fingerprint density at radius 1 is 0.905 bits per heavy atom. The molecule has 0 fully saturated rings. The van der Waals surface area contributed by atoms with Gasteiger partial charge < -0.3 is 0 Å². The van der Waals surface area contributed by atoms with Gasteiger partial charge in [-0.15, -0.1) is 11.3 Å². The number of hydrogen-bond acceptors (Lipinski definition) is 3. The highest BCUT2D eigenvalue weighted by Gasteiger charge is 2.12. The van der Waals surface area contributed by atoms with E-state index < -0.39 is 0 Å². The van der Waals surface area contributed by atoms with Crippen LogP contribution in [0, 0.1) is 0 Å². The van der Waals surface area contributed by atoms with E-state index >= 15 is 0 Å². The minimum absolute atomic E-state index is 0.446. The molecular weight excluding hydrogens is 323 g/mol. The molecule has 5 heteroatoms. The van der Waals surface area contributed by atoms with E-state index in [0.717, 1.165) is 21.9 Å². The SMILES string of the molecule is Clc1ccc2c(Cl)nc(-c3csc4ccccc34)nc2c1. The van der Waals surface area contributed by atoms with Crippen molar-refractivity contribution in [2.45, 2.75) is 0 Å². The second-order valence-electron chi connectivity index (χ2n) is 4.65. The molecule has 0 aliphatic heterocycles. The Balaban J connectivity index is 2.02. The lowest BCUT2D eigenvalue weighted by atomic mass is 10.1. The monoisotopic (exact) mass is 330 g/mol. The van der Waals surface area contributed by atoms with Gasteiger partial charge in [0.1, 0.15) is 5.15 Å². The van der Waals surface area contributed by atoms with Crippen molar-refractivity contribution in [2.75, 3.05) is 0 Å². The second kappa shape index (κ2) is 4.95. The van der Waals surface area contributed by atoms with Crippen LogP contribution in [-0.4, -0.2) is 9.97 Å². The molecule has 0 unspecified atom stereocenters. The maximum atomic E-state index is 6.29. The summed E-state index contributed by atoms with van der Waals surface area (Å²) in [6.45, 7) is 0. The number of thiophene rings is 1. The van der Waals surface area contributed by atoms with Gasteiger partial charge in [0.25, 0.3) is 0 Å². The van der Waals surface area contributed by atoms with Gasteiger partial charge in [-0.3, -0.25) is 0 Å². The van der Waals surface area contributed by atoms with Gasteiger partial charge in [-0.25, -0.2) is 9.97 Å². The quantitative estimate of drug-likeness (QED) is 0.411. The van der Waals surface area contributed by atoms with Crippen LogP contribution in [0.1, 0.15) is 0 Å². The maximum Gasteiger partial charge on any atom is 0.162 e. The Hall–Kier alpha value is -1.68. The summed E-state index contributed by atoms with van der Waals surface area (Å²) < 4.78 is 1.21. The summed E-state index contributed by atoms with van der Waals surface area (Å²) in [7, 11) is 0. The first-order valence-electron chi connectivity index (χ1n) is 6.32. The van der Waals surface area contributed by atoms with Crippen molar-refractivity contribution in [1.82, 2.24) is 9.97 Å². The van der Waals surface area contributed by atoms with Gasteiger partial charge >= 0.3 is 0 Å². The lowest BCUT2D eigenvalue weighted by Crippen LogP contribution is -1.91. The molecule has 0 atom stereocenters. The highest BCUT2D eigenvalue weighted by atomic mass is 35.5. The average Bonchev–Trinajstić information content (AvgIpc) is 2.90. The predicted octanol–water partition coefficient (Wildman–Crippen LogP) is 5.82. The van der Waals surface area contributed by atoms with Crippen molar-refractivity contribution < 1.29 is 0 Å². The molecule has 4 rings (SSSR count). The molecule has 4 aromatic rings. The Kier molecular flexibility index (Phi) is 3.07. The first kappa shape index (κ1) is 13.0. The zero-order chi connectivity index (χ0) is 14.4. The van der Waals surface area contributed by atoms with Gasteiger partial charge in [-0.05, 0) is 24.3 Å². The molecule has 0 N–H and O–H groups in total. The standard InChI is InChI=1S/C16H8Cl2N2S/c17-9-5-6-11-13(7-9)19-16(20-15(11)18)12-8-21-14-4-2-1-3-10(12)14/h1-8H. The summed E-state index contributed by atoms with van der Waals surface area (Å²) in [5, 5.41) is 5.09. The van der Waals surface area contributed by atoms with Crippen LogP contribution < -0.4 is 0 Å². The minimum Gasteiger partial charge on any atom is -0.228 e. The van der Waals surface area contributed by atoms with Crippen LogP contribution in [0.2, 0.25) is 10.2 Å². The largest absolute Gasteiger partial charge is 0.228 e. The van der Waals surface area contributed by atoms with E-state index in [0.29, 0.717) is 16.0 Å². The van der Waals surface area contributed by atoms with Gasteiger partial charge in [0, 0.05) is 31.4 Å². The molecule has 0 saturated heterocycles. The van der Waals surface area contributed by atoms with Crippen LogP contribution in [0.5, 0.6) is 0 Å². The zero-order valence-electron chi connectivity index (χ0n) is 10.7. The van der Waals surface area contributed by atoms with E-state index in [1.165, 1.54) is 4.70 Å². The molecule has 2 aromatic heterocycles. The van der Waals surface area contributed by atoms with E-state index in [1.54, 1.807) is 17.4 Å². The first-order chi connectivity index (χ1) is 10.2. The van der Waals surface area contributed by atoms with Crippen molar-refractivity contribution in [1.29, 1.82) is 0 Å². The highest BCUT2D eigenvalue weighted by molar-refractivity contribution is 7.17. The van der Waals surface area contributed by atoms with E-state index in [1.807, 2.05) is 24.3 Å². The Morgan fingerprint density at radius 3 is 2.67 bits per heavy atom. The average molecular weight is 331 g/mol. The molecule has 2 nitrogen and oxygen atoms in total. The Bertz CT molecular complexity index is 979. The zero-order valence-corrected chi connectivity index (χ0v) is 13.0. The Labute approximate surface area is 135 Å². The third kappa shape index (κ3) is 2.18. The van der Waals surface area contributed by atoms with Crippen LogP contribution in [0.4, 0.5) is 0 Å². The van der Waals surface area contributed by atoms with Crippen LogP contribution in [0.3, 0.4) is 0 Å². The van der Waals surface area contributed by atoms with Gasteiger partial charge in [0.2, 0.25) is 0 Å². The lowest BCUT2D eigenvalue weighted by Gasteiger charge is -2.04. The third-order valence-electron chi connectivity index (χ3n) is 3.33. The second-order valence-corrected chi connectivity index (χ2v) is 6.35. The molecule has 0 amide bonds. The molecule has 21 heavy (non-hydrogen) atoms. The summed E-state index contributed by atoms with van der Waals surface area (Å²) in [5.74, 6) is 0.632. The molecule has 0 bridgehead atoms. The topological polar surface area (TPSA) is 25.8 Å². The van der Waals surface area contributed by atoms with Crippen molar-refractivity contribution >= 4 is 55.5 Å². The molecule has 0 radical (unpaired) electrons. The normalized spacial score (nSPS) is 11.3. The minimum atomic E-state index is 0.446. The first-order valence-corrected chi connectivity index (χ1v) is 7.95. The summed E-state index contributed by atoms with van der Waals surface area (Å²) in [6, 6.07) is 13.6. The molecule has 0 spiro atoms. The summed E-state index contributed by atoms with van der Waals surface area (Å²) in [6.07, 6.45) is 0. The molecular formula is C16H8Cl2N2S. The molecule has 0 aliphatic carbocycles. The van der Waals surface area contributed by atoms with Gasteiger partial charge in [0.05, 0.1) is 5.52 Å². The van der Waals surface area contributed by atoms with E-state index in [-0.39, 0.29) is 0 Å². The fourth-order valence-electron chi connectivity index (χ4n) is 2.34. The number of fused-ring (bicyclic) bond motifs is 2. The van der Waals surface area contributed by atoms with Crippen LogP contribution in [0.25, 0.3) is 32.4 Å². The summed E-state index contributed by atoms with van der Waals surface area (Å²) >= 11 is 14.0. The van der Waals surface area contributed by atoms with Crippen molar-refractivity contribution in [2.24, 2.45) is 0 Å². The number of hydrogen-bond donors (Lipinski definition) is 0. The molecule has 0 aliphatic rings. The van der Waals surface area contributed by atoms with Crippen LogP contribution >= 0.6 is 34.5 Å². The third-order valence-corrected chi connectivity index (χ3v) is 4.82. The maximum absolute atomic E-state index is 6.29. The van der Waals surface area contributed by atoms with Crippen molar-refractivity contribution in [3.8, 4) is 11.4 Å². The summed E-state index contributed by atoms with van der Waals surface area (Å²) in [4.78, 5) is 9.06. The number of nitrogens with zero attached hydrogens (tertiary/aromatic N) is 2. The number of halogens is 2. The van der Waals surface area contributed by atoms with Crippen molar-refractivity contribution in [3.63, 3.8) is 0 Å². The lowest BCUT2D eigenvalue weighted by molar-refractivity contribution is 1.24. The molecule has 102 valence electrons. The van der Waals surface area contributed by atoms with Gasteiger partial charge in [0.15, 0.2) is 5.82 Å². The number of benzene rings is 2. The predicted molar refractivity (Wildman–Crippen MR) is 90.4 cm³/mol. The summed E-state index contributed by atoms with van der Waals surface area (Å²) in [5.41, 5.74) is 1.76. The Morgan fingerprint density at radius 2 is 1.76 bits per heavy atom. The highest BCUT2D eigenvalue weighted by Crippen LogP contribution is 2.34. The van der Waals surface area contributed by atoms with Gasteiger partial charge in [-0.2, -0.15) is 0 Å². The van der Waals surface area contributed by atoms with Gasteiger partial charge in [-0.1, -0.05) is 41.4 Å². The number of rotatable bonds is 1. The molecule has 2 heterocycles. The fourth-order valence-corrected chi connectivity index (χ4v) is 3.68. The van der Waals surface area contributed by atoms with E-state index in [2.05, 4.69) is 27.5 Å². The van der Waals surface area contributed by atoms with Crippen molar-refractivity contribution in [3.05, 3.63) is 58.0 Å². The molecule has 0 saturated carbocycles. The van der Waals surface area contributed by atoms with Crippen LogP contribution in [0.15, 0.2) is 47.8 Å². The van der Waals surface area contributed by atoms with E-state index in [4.69, 9.17) is 23.2 Å².